The second-order valence-corrected chi connectivity index (χ2v) is 9.14. The van der Waals surface area contributed by atoms with Crippen LogP contribution in [0.4, 0.5) is 17.6 Å². The van der Waals surface area contributed by atoms with Crippen LogP contribution in [-0.2, 0) is 11.2 Å². The van der Waals surface area contributed by atoms with Crippen LogP contribution in [0.5, 0.6) is 0 Å². The molecule has 5 aromatic rings. The highest BCUT2D eigenvalue weighted by Crippen LogP contribution is 2.34. The van der Waals surface area contributed by atoms with Gasteiger partial charge in [-0.25, -0.2) is 17.6 Å². The first kappa shape index (κ1) is 25.2. The predicted molar refractivity (Wildman–Crippen MR) is 138 cm³/mol. The summed E-state index contributed by atoms with van der Waals surface area (Å²) in [5.41, 5.74) is 4.11. The van der Waals surface area contributed by atoms with Crippen molar-refractivity contribution in [2.45, 2.75) is 19.3 Å². The van der Waals surface area contributed by atoms with Gasteiger partial charge < -0.3 is 10.3 Å². The van der Waals surface area contributed by atoms with E-state index in [1.165, 1.54) is 36.4 Å². The summed E-state index contributed by atoms with van der Waals surface area (Å²) in [5.74, 6) is -3.38. The second kappa shape index (κ2) is 10.5. The van der Waals surface area contributed by atoms with Crippen molar-refractivity contribution in [3.05, 3.63) is 125 Å². The van der Waals surface area contributed by atoms with E-state index in [1.54, 1.807) is 43.6 Å². The molecule has 4 nitrogen and oxygen atoms in total. The SMILES string of the molecule is Cc1cc(F)ccc1-c1cccnc1C(CNC(=O)Cc1c[nH]c2ccc(F)cc12)c1cc(F)cc(F)c1. The minimum atomic E-state index is -0.757. The van der Waals surface area contributed by atoms with Gasteiger partial charge in [0.25, 0.3) is 0 Å². The molecule has 0 radical (unpaired) electrons. The third kappa shape index (κ3) is 5.29. The summed E-state index contributed by atoms with van der Waals surface area (Å²) in [6.45, 7) is 1.75. The molecule has 0 spiro atoms. The number of nitrogens with zero attached hydrogens (tertiary/aromatic N) is 1. The zero-order chi connectivity index (χ0) is 26.8. The van der Waals surface area contributed by atoms with Crippen LogP contribution in [0.2, 0.25) is 0 Å². The molecule has 1 amide bonds. The van der Waals surface area contributed by atoms with E-state index in [-0.39, 0.29) is 30.3 Å². The Kier molecular flexibility index (Phi) is 6.96. The number of halogens is 4. The number of hydrogen-bond donors (Lipinski definition) is 2. The maximum absolute atomic E-state index is 14.2. The molecule has 2 aromatic heterocycles. The number of amides is 1. The lowest BCUT2D eigenvalue weighted by Crippen LogP contribution is -2.30. The predicted octanol–water partition coefficient (Wildman–Crippen LogP) is 6.59. The molecule has 8 heteroatoms. The Morgan fingerprint density at radius 3 is 2.39 bits per heavy atom. The fraction of sp³-hybridized carbons (Fsp3) is 0.133. The van der Waals surface area contributed by atoms with Crippen LogP contribution in [0.3, 0.4) is 0 Å². The minimum Gasteiger partial charge on any atom is -0.361 e. The first-order chi connectivity index (χ1) is 18.3. The number of pyridine rings is 1. The molecule has 1 atom stereocenters. The van der Waals surface area contributed by atoms with Gasteiger partial charge in [0.15, 0.2) is 0 Å². The fourth-order valence-corrected chi connectivity index (χ4v) is 4.75. The molecule has 1 unspecified atom stereocenters. The van der Waals surface area contributed by atoms with E-state index < -0.39 is 23.4 Å². The number of hydrogen-bond acceptors (Lipinski definition) is 2. The second-order valence-electron chi connectivity index (χ2n) is 9.14. The van der Waals surface area contributed by atoms with Gasteiger partial charge in [0.1, 0.15) is 23.3 Å². The largest absolute Gasteiger partial charge is 0.361 e. The van der Waals surface area contributed by atoms with E-state index in [2.05, 4.69) is 15.3 Å². The number of carbonyl (C=O) groups excluding carboxylic acids is 1. The summed E-state index contributed by atoms with van der Waals surface area (Å²) < 4.78 is 56.0. The topological polar surface area (TPSA) is 57.8 Å². The molecule has 0 saturated heterocycles. The van der Waals surface area contributed by atoms with Crippen molar-refractivity contribution >= 4 is 16.8 Å². The van der Waals surface area contributed by atoms with Gasteiger partial charge in [-0.15, -0.1) is 0 Å². The van der Waals surface area contributed by atoms with E-state index in [9.17, 15) is 22.4 Å². The number of aromatic nitrogens is 2. The molecule has 192 valence electrons. The van der Waals surface area contributed by atoms with Crippen LogP contribution in [-0.4, -0.2) is 22.4 Å². The summed E-state index contributed by atoms with van der Waals surface area (Å²) in [5, 5.41) is 3.45. The Labute approximate surface area is 216 Å². The van der Waals surface area contributed by atoms with Gasteiger partial charge in [-0.3, -0.25) is 9.78 Å². The fourth-order valence-electron chi connectivity index (χ4n) is 4.75. The van der Waals surface area contributed by atoms with E-state index in [0.717, 1.165) is 6.07 Å². The smallest absolute Gasteiger partial charge is 0.224 e. The monoisotopic (exact) mass is 517 g/mol. The summed E-state index contributed by atoms with van der Waals surface area (Å²) in [6.07, 6.45) is 3.18. The van der Waals surface area contributed by atoms with Gasteiger partial charge in [-0.05, 0) is 77.7 Å². The molecule has 3 aromatic carbocycles. The standard InChI is InChI=1S/C30H23F4N3O/c1-17-9-20(31)4-6-24(17)25-3-2-8-35-30(25)27(18-10-22(33)13-23(34)11-18)16-37-29(38)12-19-15-36-28-7-5-21(32)14-26(19)28/h2-11,13-15,27,36H,12,16H2,1H3,(H,37,38). The maximum Gasteiger partial charge on any atom is 0.224 e. The van der Waals surface area contributed by atoms with Crippen molar-refractivity contribution in [2.75, 3.05) is 6.54 Å². The van der Waals surface area contributed by atoms with Gasteiger partial charge in [-0.1, -0.05) is 12.1 Å². The van der Waals surface area contributed by atoms with Crippen molar-refractivity contribution in [1.82, 2.24) is 15.3 Å². The maximum atomic E-state index is 14.2. The van der Waals surface area contributed by atoms with Crippen molar-refractivity contribution < 1.29 is 22.4 Å². The average molecular weight is 518 g/mol. The van der Waals surface area contributed by atoms with Gasteiger partial charge in [0.2, 0.25) is 5.91 Å². The van der Waals surface area contributed by atoms with Crippen molar-refractivity contribution in [1.29, 1.82) is 0 Å². The number of rotatable bonds is 7. The third-order valence-corrected chi connectivity index (χ3v) is 6.52. The summed E-state index contributed by atoms with van der Waals surface area (Å²) >= 11 is 0. The lowest BCUT2D eigenvalue weighted by molar-refractivity contribution is -0.120. The Balaban J connectivity index is 1.48. The van der Waals surface area contributed by atoms with Crippen molar-refractivity contribution in [3.63, 3.8) is 0 Å². The molecular formula is C30H23F4N3O. The van der Waals surface area contributed by atoms with E-state index in [1.807, 2.05) is 0 Å². The molecule has 2 N–H and O–H groups in total. The van der Waals surface area contributed by atoms with E-state index >= 15 is 0 Å². The highest BCUT2D eigenvalue weighted by Gasteiger charge is 2.23. The number of aryl methyl sites for hydroxylation is 1. The lowest BCUT2D eigenvalue weighted by Gasteiger charge is -2.22. The number of benzene rings is 3. The molecule has 0 bridgehead atoms. The number of fused-ring (bicyclic) bond motifs is 1. The number of nitrogens with one attached hydrogen (secondary N) is 2. The molecule has 2 heterocycles. The Bertz CT molecular complexity index is 1630. The van der Waals surface area contributed by atoms with Crippen LogP contribution in [0, 0.1) is 30.2 Å². The first-order valence-electron chi connectivity index (χ1n) is 12.0. The summed E-state index contributed by atoms with van der Waals surface area (Å²) in [7, 11) is 0. The van der Waals surface area contributed by atoms with Crippen molar-refractivity contribution in [2.24, 2.45) is 0 Å². The number of H-pyrrole nitrogens is 1. The molecule has 0 fully saturated rings. The molecule has 0 aliphatic heterocycles. The normalized spacial score (nSPS) is 12.0. The zero-order valence-corrected chi connectivity index (χ0v) is 20.4. The van der Waals surface area contributed by atoms with Crippen LogP contribution in [0.25, 0.3) is 22.0 Å². The van der Waals surface area contributed by atoms with E-state index in [4.69, 9.17) is 0 Å². The highest BCUT2D eigenvalue weighted by atomic mass is 19.1. The van der Waals surface area contributed by atoms with Crippen LogP contribution in [0.1, 0.15) is 28.3 Å². The molecule has 0 saturated carbocycles. The van der Waals surface area contributed by atoms with Crippen LogP contribution >= 0.6 is 0 Å². The molecule has 5 rings (SSSR count). The summed E-state index contributed by atoms with van der Waals surface area (Å²) in [6, 6.07) is 15.4. The van der Waals surface area contributed by atoms with Crippen molar-refractivity contribution in [3.8, 4) is 11.1 Å². The Morgan fingerprint density at radius 1 is 0.895 bits per heavy atom. The number of carbonyl (C=O) groups is 1. The average Bonchev–Trinajstić information content (AvgIpc) is 3.25. The van der Waals surface area contributed by atoms with Gasteiger partial charge in [-0.2, -0.15) is 0 Å². The van der Waals surface area contributed by atoms with Gasteiger partial charge >= 0.3 is 0 Å². The molecule has 0 aliphatic carbocycles. The highest BCUT2D eigenvalue weighted by molar-refractivity contribution is 5.89. The Hall–Kier alpha value is -4.46. The Morgan fingerprint density at radius 2 is 1.63 bits per heavy atom. The minimum absolute atomic E-state index is 0.0112. The van der Waals surface area contributed by atoms with Crippen LogP contribution < -0.4 is 5.32 Å². The van der Waals surface area contributed by atoms with Gasteiger partial charge in [0, 0.05) is 47.4 Å². The third-order valence-electron chi connectivity index (χ3n) is 6.52. The van der Waals surface area contributed by atoms with Crippen LogP contribution in [0.15, 0.2) is 79.1 Å². The molecule has 0 aliphatic rings. The summed E-state index contributed by atoms with van der Waals surface area (Å²) in [4.78, 5) is 20.5. The molecular weight excluding hydrogens is 494 g/mol. The first-order valence-corrected chi connectivity index (χ1v) is 12.0. The quantitative estimate of drug-likeness (QED) is 0.240. The zero-order valence-electron chi connectivity index (χ0n) is 20.4. The lowest BCUT2D eigenvalue weighted by atomic mass is 9.88. The van der Waals surface area contributed by atoms with E-state index in [0.29, 0.717) is 38.9 Å². The number of aromatic amines is 1. The molecule has 38 heavy (non-hydrogen) atoms. The van der Waals surface area contributed by atoms with Gasteiger partial charge in [0.05, 0.1) is 12.1 Å².